The first-order valence-corrected chi connectivity index (χ1v) is 6.05. The molecule has 0 aromatic carbocycles. The summed E-state index contributed by atoms with van der Waals surface area (Å²) < 4.78 is 10.3. The maximum absolute atomic E-state index is 5.32. The minimum absolute atomic E-state index is 0. The highest BCUT2D eigenvalue weighted by atomic mass is 127. The molecule has 1 aromatic heterocycles. The molecule has 0 unspecified atom stereocenters. The minimum Gasteiger partial charge on any atom is -0.495 e. The second-order valence-corrected chi connectivity index (χ2v) is 3.49. The standard InChI is InChI=1S/C9H14N2O2.C4H10.HI.H2/c1-10-5-6-13-9-4-3-8(12-2)7-11-9;1-3-4-2;;/h3-4,7,10H,5-6H2,1-2H3;3-4H2,1-2H3;2*1H. The largest absolute Gasteiger partial charge is 0.495 e. The van der Waals surface area contributed by atoms with E-state index in [0.29, 0.717) is 12.5 Å². The fourth-order valence-corrected chi connectivity index (χ4v) is 0.831. The van der Waals surface area contributed by atoms with Crippen molar-refractivity contribution < 1.29 is 10.9 Å². The topological polar surface area (TPSA) is 43.4 Å². The van der Waals surface area contributed by atoms with Gasteiger partial charge in [0.25, 0.3) is 0 Å². The molecule has 0 bridgehead atoms. The molecule has 1 N–H and O–H groups in total. The van der Waals surface area contributed by atoms with Gasteiger partial charge >= 0.3 is 0 Å². The molecule has 4 nitrogen and oxygen atoms in total. The maximum atomic E-state index is 5.32. The van der Waals surface area contributed by atoms with E-state index in [1.54, 1.807) is 19.4 Å². The van der Waals surface area contributed by atoms with Crippen molar-refractivity contribution in [3.05, 3.63) is 18.3 Å². The Hall–Kier alpha value is -0.560. The molecule has 18 heavy (non-hydrogen) atoms. The molecular formula is C13H27IN2O2. The lowest BCUT2D eigenvalue weighted by Gasteiger charge is -2.04. The first-order valence-electron chi connectivity index (χ1n) is 6.05. The van der Waals surface area contributed by atoms with E-state index in [2.05, 4.69) is 24.1 Å². The number of halogens is 1. The molecule has 0 atom stereocenters. The molecule has 0 saturated carbocycles. The zero-order valence-corrected chi connectivity index (χ0v) is 14.1. The summed E-state index contributed by atoms with van der Waals surface area (Å²) in [5, 5.41) is 2.98. The highest BCUT2D eigenvalue weighted by Crippen LogP contribution is 2.12. The number of pyridine rings is 1. The molecule has 0 fully saturated rings. The Labute approximate surface area is 129 Å². The number of methoxy groups -OCH3 is 1. The number of nitrogens with one attached hydrogen (secondary N) is 1. The summed E-state index contributed by atoms with van der Waals surface area (Å²) in [5.41, 5.74) is 0. The quantitative estimate of drug-likeness (QED) is 0.616. The average molecular weight is 370 g/mol. The number of ether oxygens (including phenoxy) is 2. The Bertz CT molecular complexity index is 272. The van der Waals surface area contributed by atoms with Crippen LogP contribution in [0.2, 0.25) is 0 Å². The highest BCUT2D eigenvalue weighted by molar-refractivity contribution is 14.0. The number of hydrogen-bond acceptors (Lipinski definition) is 4. The normalized spacial score (nSPS) is 8.67. The van der Waals surface area contributed by atoms with Crippen LogP contribution in [0.25, 0.3) is 0 Å². The lowest BCUT2D eigenvalue weighted by molar-refractivity contribution is 0.305. The van der Waals surface area contributed by atoms with Crippen molar-refractivity contribution in [1.29, 1.82) is 0 Å². The summed E-state index contributed by atoms with van der Waals surface area (Å²) in [6.07, 6.45) is 4.27. The van der Waals surface area contributed by atoms with Crippen LogP contribution >= 0.6 is 24.0 Å². The summed E-state index contributed by atoms with van der Waals surface area (Å²) in [5.74, 6) is 1.36. The number of rotatable bonds is 6. The van der Waals surface area contributed by atoms with Crippen LogP contribution in [-0.4, -0.2) is 32.3 Å². The Morgan fingerprint density at radius 2 is 1.94 bits per heavy atom. The van der Waals surface area contributed by atoms with Gasteiger partial charge < -0.3 is 14.8 Å². The SMILES string of the molecule is CCCC.CNCCOc1ccc(OC)cn1.I.[HH]. The molecule has 0 aliphatic carbocycles. The van der Waals surface area contributed by atoms with Gasteiger partial charge in [-0.15, -0.1) is 24.0 Å². The van der Waals surface area contributed by atoms with Crippen LogP contribution < -0.4 is 14.8 Å². The van der Waals surface area contributed by atoms with Crippen LogP contribution in [0.5, 0.6) is 11.6 Å². The number of likely N-dealkylation sites (N-methyl/N-ethyl adjacent to an activating group) is 1. The molecule has 0 radical (unpaired) electrons. The zero-order valence-electron chi connectivity index (χ0n) is 11.7. The van der Waals surface area contributed by atoms with Crippen LogP contribution in [0, 0.1) is 0 Å². The van der Waals surface area contributed by atoms with Crippen LogP contribution in [0.4, 0.5) is 0 Å². The smallest absolute Gasteiger partial charge is 0.213 e. The molecular weight excluding hydrogens is 343 g/mol. The van der Waals surface area contributed by atoms with Crippen molar-refractivity contribution in [2.75, 3.05) is 27.3 Å². The first-order chi connectivity index (χ1) is 8.28. The van der Waals surface area contributed by atoms with E-state index in [4.69, 9.17) is 9.47 Å². The van der Waals surface area contributed by atoms with Gasteiger partial charge in [-0.2, -0.15) is 0 Å². The third-order valence-corrected chi connectivity index (χ3v) is 2.05. The molecule has 0 aliphatic rings. The van der Waals surface area contributed by atoms with Gasteiger partial charge in [0.1, 0.15) is 12.4 Å². The second-order valence-electron chi connectivity index (χ2n) is 3.49. The van der Waals surface area contributed by atoms with E-state index in [1.165, 1.54) is 12.8 Å². The number of aromatic nitrogens is 1. The Morgan fingerprint density at radius 1 is 1.28 bits per heavy atom. The number of nitrogens with zero attached hydrogens (tertiary/aromatic N) is 1. The summed E-state index contributed by atoms with van der Waals surface area (Å²) in [7, 11) is 3.49. The second kappa shape index (κ2) is 14.5. The van der Waals surface area contributed by atoms with Crippen molar-refractivity contribution in [3.8, 4) is 11.6 Å². The van der Waals surface area contributed by atoms with Gasteiger partial charge in [0.15, 0.2) is 0 Å². The first kappa shape index (κ1) is 19.8. The van der Waals surface area contributed by atoms with Gasteiger partial charge in [-0.05, 0) is 13.1 Å². The van der Waals surface area contributed by atoms with Crippen LogP contribution in [0.15, 0.2) is 18.3 Å². The Kier molecular flexibility index (Phi) is 15.9. The zero-order chi connectivity index (χ0) is 12.9. The number of hydrogen-bond donors (Lipinski definition) is 1. The molecule has 1 aromatic rings. The summed E-state index contributed by atoms with van der Waals surface area (Å²) in [4.78, 5) is 4.05. The van der Waals surface area contributed by atoms with Crippen LogP contribution in [0.3, 0.4) is 0 Å². The van der Waals surface area contributed by atoms with Crippen molar-refractivity contribution >= 4 is 24.0 Å². The highest BCUT2D eigenvalue weighted by Gasteiger charge is 1.95. The van der Waals surface area contributed by atoms with E-state index >= 15 is 0 Å². The molecule has 0 saturated heterocycles. The Balaban J connectivity index is -0.000000379. The molecule has 108 valence electrons. The minimum atomic E-state index is 0. The van der Waals surface area contributed by atoms with Crippen LogP contribution in [-0.2, 0) is 0 Å². The Morgan fingerprint density at radius 3 is 2.33 bits per heavy atom. The molecule has 1 heterocycles. The fraction of sp³-hybridized carbons (Fsp3) is 0.615. The molecule has 0 aliphatic heterocycles. The lowest BCUT2D eigenvalue weighted by atomic mass is 10.4. The average Bonchev–Trinajstić information content (AvgIpc) is 2.40. The predicted octanol–water partition coefficient (Wildman–Crippen LogP) is 3.36. The third kappa shape index (κ3) is 10.6. The monoisotopic (exact) mass is 370 g/mol. The van der Waals surface area contributed by atoms with E-state index in [-0.39, 0.29) is 25.4 Å². The van der Waals surface area contributed by atoms with Gasteiger partial charge in [-0.3, -0.25) is 0 Å². The van der Waals surface area contributed by atoms with E-state index < -0.39 is 0 Å². The predicted molar refractivity (Wildman–Crippen MR) is 88.3 cm³/mol. The fourth-order valence-electron chi connectivity index (χ4n) is 0.831. The van der Waals surface area contributed by atoms with Gasteiger partial charge in [0.05, 0.1) is 13.3 Å². The molecule has 0 spiro atoms. The van der Waals surface area contributed by atoms with E-state index in [1.807, 2.05) is 13.1 Å². The van der Waals surface area contributed by atoms with Crippen molar-refractivity contribution in [3.63, 3.8) is 0 Å². The third-order valence-electron chi connectivity index (χ3n) is 2.05. The van der Waals surface area contributed by atoms with Gasteiger partial charge in [-0.1, -0.05) is 26.7 Å². The van der Waals surface area contributed by atoms with Crippen molar-refractivity contribution in [2.45, 2.75) is 26.7 Å². The lowest BCUT2D eigenvalue weighted by Crippen LogP contribution is -2.16. The van der Waals surface area contributed by atoms with Gasteiger partial charge in [0, 0.05) is 14.0 Å². The summed E-state index contributed by atoms with van der Waals surface area (Å²) in [6, 6.07) is 3.61. The maximum Gasteiger partial charge on any atom is 0.213 e. The molecule has 0 amide bonds. The summed E-state index contributed by atoms with van der Waals surface area (Å²) in [6.45, 7) is 5.80. The molecule has 1 rings (SSSR count). The van der Waals surface area contributed by atoms with Gasteiger partial charge in [0.2, 0.25) is 5.88 Å². The van der Waals surface area contributed by atoms with E-state index in [0.717, 1.165) is 12.3 Å². The van der Waals surface area contributed by atoms with Crippen molar-refractivity contribution in [1.82, 2.24) is 10.3 Å². The molecule has 5 heteroatoms. The summed E-state index contributed by atoms with van der Waals surface area (Å²) >= 11 is 0. The number of unbranched alkanes of at least 4 members (excludes halogenated alkanes) is 1. The van der Waals surface area contributed by atoms with Gasteiger partial charge in [-0.25, -0.2) is 4.98 Å². The van der Waals surface area contributed by atoms with E-state index in [9.17, 15) is 0 Å². The van der Waals surface area contributed by atoms with Crippen LogP contribution in [0.1, 0.15) is 28.1 Å². The van der Waals surface area contributed by atoms with Crippen molar-refractivity contribution in [2.24, 2.45) is 0 Å².